The molecular formula is C16H23NO4. The number of benzene rings is 1. The van der Waals surface area contributed by atoms with E-state index in [4.69, 9.17) is 9.84 Å². The fourth-order valence-electron chi connectivity index (χ4n) is 1.94. The molecule has 0 fully saturated rings. The summed E-state index contributed by atoms with van der Waals surface area (Å²) in [5, 5.41) is 11.5. The number of hydrogen-bond donors (Lipinski definition) is 2. The topological polar surface area (TPSA) is 75.6 Å². The van der Waals surface area contributed by atoms with Gasteiger partial charge in [-0.25, -0.2) is 9.59 Å². The number of hydrogen-bond acceptors (Lipinski definition) is 3. The summed E-state index contributed by atoms with van der Waals surface area (Å²) < 4.78 is 5.02. The summed E-state index contributed by atoms with van der Waals surface area (Å²) in [5.41, 5.74) is 0.863. The largest absolute Gasteiger partial charge is 0.480 e. The van der Waals surface area contributed by atoms with Crippen LogP contribution in [0.4, 0.5) is 4.79 Å². The standard InChI is InChI=1S/C16H23NO4/c1-2-3-4-8-11-14(15(18)19)17-16(20)21-12-13-9-6-5-7-10-13/h5-7,9-10,14H,2-4,8,11-12H2,1H3,(H,17,20)(H,18,19)/t14-/m1/s1. The zero-order valence-corrected chi connectivity index (χ0v) is 12.4. The van der Waals surface area contributed by atoms with Gasteiger partial charge in [0.15, 0.2) is 0 Å². The van der Waals surface area contributed by atoms with Crippen molar-refractivity contribution in [2.45, 2.75) is 51.7 Å². The molecule has 2 N–H and O–H groups in total. The second kappa shape index (κ2) is 9.80. The summed E-state index contributed by atoms with van der Waals surface area (Å²) in [6, 6.07) is 8.37. The molecule has 0 aliphatic heterocycles. The molecule has 1 aromatic rings. The third-order valence-electron chi connectivity index (χ3n) is 3.15. The highest BCUT2D eigenvalue weighted by molar-refractivity contribution is 5.79. The van der Waals surface area contributed by atoms with Gasteiger partial charge >= 0.3 is 12.1 Å². The minimum absolute atomic E-state index is 0.134. The van der Waals surface area contributed by atoms with Crippen LogP contribution in [0.25, 0.3) is 0 Å². The number of ether oxygens (including phenoxy) is 1. The molecule has 0 saturated carbocycles. The average molecular weight is 293 g/mol. The number of amides is 1. The minimum atomic E-state index is -1.02. The van der Waals surface area contributed by atoms with E-state index in [2.05, 4.69) is 12.2 Å². The van der Waals surface area contributed by atoms with Crippen LogP contribution in [0.5, 0.6) is 0 Å². The minimum Gasteiger partial charge on any atom is -0.480 e. The molecule has 0 aliphatic carbocycles. The summed E-state index contributed by atoms with van der Waals surface area (Å²) in [7, 11) is 0. The van der Waals surface area contributed by atoms with Gasteiger partial charge in [0.05, 0.1) is 0 Å². The molecule has 21 heavy (non-hydrogen) atoms. The van der Waals surface area contributed by atoms with Crippen LogP contribution < -0.4 is 5.32 Å². The number of nitrogens with one attached hydrogen (secondary N) is 1. The molecule has 1 atom stereocenters. The van der Waals surface area contributed by atoms with Crippen molar-refractivity contribution in [1.82, 2.24) is 5.32 Å². The van der Waals surface area contributed by atoms with Crippen LogP contribution in [-0.2, 0) is 16.1 Å². The van der Waals surface area contributed by atoms with Gasteiger partial charge in [-0.2, -0.15) is 0 Å². The smallest absolute Gasteiger partial charge is 0.408 e. The molecule has 0 spiro atoms. The Morgan fingerprint density at radius 2 is 1.90 bits per heavy atom. The number of carbonyl (C=O) groups excluding carboxylic acids is 1. The van der Waals surface area contributed by atoms with Gasteiger partial charge in [0, 0.05) is 0 Å². The van der Waals surface area contributed by atoms with E-state index in [1.54, 1.807) is 0 Å². The Bertz CT molecular complexity index is 433. The number of rotatable bonds is 9. The van der Waals surface area contributed by atoms with Gasteiger partial charge in [-0.1, -0.05) is 62.9 Å². The van der Waals surface area contributed by atoms with Crippen molar-refractivity contribution in [2.75, 3.05) is 0 Å². The van der Waals surface area contributed by atoms with Crippen LogP contribution in [0.1, 0.15) is 44.6 Å². The van der Waals surface area contributed by atoms with Crippen LogP contribution in [0, 0.1) is 0 Å². The lowest BCUT2D eigenvalue weighted by atomic mass is 10.1. The molecule has 5 nitrogen and oxygen atoms in total. The van der Waals surface area contributed by atoms with Crippen molar-refractivity contribution in [3.05, 3.63) is 35.9 Å². The number of carbonyl (C=O) groups is 2. The number of unbranched alkanes of at least 4 members (excludes halogenated alkanes) is 3. The number of aliphatic carboxylic acids is 1. The predicted molar refractivity (Wildman–Crippen MR) is 79.9 cm³/mol. The Morgan fingerprint density at radius 3 is 2.52 bits per heavy atom. The Hall–Kier alpha value is -2.04. The molecule has 0 heterocycles. The normalized spacial score (nSPS) is 11.7. The van der Waals surface area contributed by atoms with Gasteiger partial charge in [-0.05, 0) is 12.0 Å². The Labute approximate surface area is 125 Å². The van der Waals surface area contributed by atoms with Crippen molar-refractivity contribution in [3.8, 4) is 0 Å². The molecule has 116 valence electrons. The maximum Gasteiger partial charge on any atom is 0.408 e. The summed E-state index contributed by atoms with van der Waals surface area (Å²) in [6.45, 7) is 2.22. The van der Waals surface area contributed by atoms with Gasteiger partial charge < -0.3 is 15.2 Å². The lowest BCUT2D eigenvalue weighted by Gasteiger charge is -2.14. The van der Waals surface area contributed by atoms with Gasteiger partial charge in [0.2, 0.25) is 0 Å². The zero-order valence-electron chi connectivity index (χ0n) is 12.4. The van der Waals surface area contributed by atoms with Crippen molar-refractivity contribution in [2.24, 2.45) is 0 Å². The van der Waals surface area contributed by atoms with Crippen molar-refractivity contribution in [1.29, 1.82) is 0 Å². The lowest BCUT2D eigenvalue weighted by Crippen LogP contribution is -2.40. The van der Waals surface area contributed by atoms with E-state index in [-0.39, 0.29) is 6.61 Å². The molecule has 5 heteroatoms. The molecule has 0 saturated heterocycles. The van der Waals surface area contributed by atoms with E-state index >= 15 is 0 Å². The molecule has 0 bridgehead atoms. The van der Waals surface area contributed by atoms with Crippen LogP contribution in [0.2, 0.25) is 0 Å². The molecule has 0 unspecified atom stereocenters. The fraction of sp³-hybridized carbons (Fsp3) is 0.500. The third kappa shape index (κ3) is 7.34. The number of carboxylic acids is 1. The van der Waals surface area contributed by atoms with Gasteiger partial charge in [-0.3, -0.25) is 0 Å². The molecular weight excluding hydrogens is 270 g/mol. The summed E-state index contributed by atoms with van der Waals surface area (Å²) in [4.78, 5) is 22.7. The first-order valence-electron chi connectivity index (χ1n) is 7.33. The molecule has 1 amide bonds. The monoisotopic (exact) mass is 293 g/mol. The van der Waals surface area contributed by atoms with Crippen LogP contribution in [0.3, 0.4) is 0 Å². The van der Waals surface area contributed by atoms with Crippen LogP contribution in [0.15, 0.2) is 30.3 Å². The summed E-state index contributed by atoms with van der Waals surface area (Å²) in [6.07, 6.45) is 3.65. The van der Waals surface area contributed by atoms with E-state index in [1.165, 1.54) is 0 Å². The SMILES string of the molecule is CCCCCC[C@@H](NC(=O)OCc1ccccc1)C(=O)O. The van der Waals surface area contributed by atoms with Gasteiger partial charge in [0.25, 0.3) is 0 Å². The summed E-state index contributed by atoms with van der Waals surface area (Å²) in [5.74, 6) is -1.02. The van der Waals surface area contributed by atoms with Gasteiger partial charge in [-0.15, -0.1) is 0 Å². The Kier molecular flexibility index (Phi) is 7.94. The van der Waals surface area contributed by atoms with Gasteiger partial charge in [0.1, 0.15) is 12.6 Å². The zero-order chi connectivity index (χ0) is 15.5. The molecule has 0 aliphatic rings. The predicted octanol–water partition coefficient (Wildman–Crippen LogP) is 3.34. The third-order valence-corrected chi connectivity index (χ3v) is 3.15. The molecule has 1 aromatic carbocycles. The highest BCUT2D eigenvalue weighted by Gasteiger charge is 2.19. The number of alkyl carbamates (subject to hydrolysis) is 1. The van der Waals surface area contributed by atoms with E-state index in [0.717, 1.165) is 31.2 Å². The molecule has 1 rings (SSSR count). The Balaban J connectivity index is 2.33. The summed E-state index contributed by atoms with van der Waals surface area (Å²) >= 11 is 0. The second-order valence-corrected chi connectivity index (χ2v) is 4.95. The van der Waals surface area contributed by atoms with Crippen LogP contribution >= 0.6 is 0 Å². The van der Waals surface area contributed by atoms with E-state index in [1.807, 2.05) is 30.3 Å². The average Bonchev–Trinajstić information content (AvgIpc) is 2.49. The quantitative estimate of drug-likeness (QED) is 0.685. The van der Waals surface area contributed by atoms with Crippen molar-refractivity contribution in [3.63, 3.8) is 0 Å². The highest BCUT2D eigenvalue weighted by Crippen LogP contribution is 2.07. The van der Waals surface area contributed by atoms with E-state index in [0.29, 0.717) is 6.42 Å². The van der Waals surface area contributed by atoms with E-state index < -0.39 is 18.1 Å². The van der Waals surface area contributed by atoms with Crippen molar-refractivity contribution < 1.29 is 19.4 Å². The maximum atomic E-state index is 11.6. The lowest BCUT2D eigenvalue weighted by molar-refractivity contribution is -0.139. The molecule has 0 aromatic heterocycles. The van der Waals surface area contributed by atoms with Crippen molar-refractivity contribution >= 4 is 12.1 Å². The van der Waals surface area contributed by atoms with E-state index in [9.17, 15) is 9.59 Å². The second-order valence-electron chi connectivity index (χ2n) is 4.95. The van der Waals surface area contributed by atoms with Crippen LogP contribution in [-0.4, -0.2) is 23.2 Å². The first-order valence-corrected chi connectivity index (χ1v) is 7.33. The number of carboxylic acid groups (broad SMARTS) is 1. The Morgan fingerprint density at radius 1 is 1.19 bits per heavy atom. The fourth-order valence-corrected chi connectivity index (χ4v) is 1.94. The molecule has 0 radical (unpaired) electrons. The maximum absolute atomic E-state index is 11.6. The highest BCUT2D eigenvalue weighted by atomic mass is 16.5. The first-order chi connectivity index (χ1) is 10.1. The first kappa shape index (κ1) is 17.0.